The summed E-state index contributed by atoms with van der Waals surface area (Å²) in [4.78, 5) is 15.6. The summed E-state index contributed by atoms with van der Waals surface area (Å²) < 4.78 is 1.43. The quantitative estimate of drug-likeness (QED) is 0.780. The SMILES string of the molecule is O=C(Nc1cn2nc(O)ccc2n1)C1CC1. The Hall–Kier alpha value is -2.11. The Morgan fingerprint density at radius 1 is 1.50 bits per heavy atom. The molecule has 2 aromatic heterocycles. The Bertz CT molecular complexity index is 559. The number of hydrogen-bond acceptors (Lipinski definition) is 4. The highest BCUT2D eigenvalue weighted by atomic mass is 16.3. The van der Waals surface area contributed by atoms with Crippen molar-refractivity contribution in [3.8, 4) is 5.88 Å². The third-order valence-electron chi connectivity index (χ3n) is 2.51. The van der Waals surface area contributed by atoms with Crippen LogP contribution < -0.4 is 5.32 Å². The summed E-state index contributed by atoms with van der Waals surface area (Å²) in [6.07, 6.45) is 3.49. The lowest BCUT2D eigenvalue weighted by molar-refractivity contribution is -0.117. The molecule has 82 valence electrons. The van der Waals surface area contributed by atoms with Crippen LogP contribution in [0.3, 0.4) is 0 Å². The molecule has 1 saturated carbocycles. The highest BCUT2D eigenvalue weighted by Crippen LogP contribution is 2.30. The summed E-state index contributed by atoms with van der Waals surface area (Å²) in [5.41, 5.74) is 0.587. The van der Waals surface area contributed by atoms with Gasteiger partial charge in [0, 0.05) is 12.0 Å². The van der Waals surface area contributed by atoms with Crippen LogP contribution in [0.1, 0.15) is 12.8 Å². The molecule has 1 amide bonds. The molecule has 2 N–H and O–H groups in total. The predicted octanol–water partition coefficient (Wildman–Crippen LogP) is 0.783. The molecule has 1 fully saturated rings. The van der Waals surface area contributed by atoms with Gasteiger partial charge in [0.1, 0.15) is 0 Å². The van der Waals surface area contributed by atoms with Crippen LogP contribution in [-0.2, 0) is 4.79 Å². The van der Waals surface area contributed by atoms with Gasteiger partial charge in [0.2, 0.25) is 11.8 Å². The van der Waals surface area contributed by atoms with Crippen molar-refractivity contribution in [3.05, 3.63) is 18.3 Å². The zero-order chi connectivity index (χ0) is 11.1. The lowest BCUT2D eigenvalue weighted by Crippen LogP contribution is -2.13. The number of amides is 1. The van der Waals surface area contributed by atoms with E-state index >= 15 is 0 Å². The first kappa shape index (κ1) is 9.14. The normalized spacial score (nSPS) is 15.2. The van der Waals surface area contributed by atoms with Gasteiger partial charge >= 0.3 is 0 Å². The van der Waals surface area contributed by atoms with Gasteiger partial charge in [-0.15, -0.1) is 5.10 Å². The molecule has 6 heteroatoms. The van der Waals surface area contributed by atoms with Gasteiger partial charge in [-0.2, -0.15) is 0 Å². The van der Waals surface area contributed by atoms with Gasteiger partial charge in [-0.1, -0.05) is 0 Å². The van der Waals surface area contributed by atoms with Crippen molar-refractivity contribution >= 4 is 17.4 Å². The van der Waals surface area contributed by atoms with Crippen LogP contribution in [0.2, 0.25) is 0 Å². The first-order valence-corrected chi connectivity index (χ1v) is 5.08. The van der Waals surface area contributed by atoms with E-state index in [1.165, 1.54) is 10.6 Å². The molecule has 6 nitrogen and oxygen atoms in total. The molecule has 0 spiro atoms. The van der Waals surface area contributed by atoms with Crippen molar-refractivity contribution < 1.29 is 9.90 Å². The van der Waals surface area contributed by atoms with Crippen molar-refractivity contribution in [2.75, 3.05) is 5.32 Å². The van der Waals surface area contributed by atoms with Gasteiger partial charge in [0.25, 0.3) is 0 Å². The first-order valence-electron chi connectivity index (χ1n) is 5.08. The van der Waals surface area contributed by atoms with E-state index in [1.54, 1.807) is 12.3 Å². The number of hydrogen-bond donors (Lipinski definition) is 2. The summed E-state index contributed by atoms with van der Waals surface area (Å²) in [5, 5.41) is 15.7. The predicted molar refractivity (Wildman–Crippen MR) is 56.0 cm³/mol. The molecule has 2 aromatic rings. The van der Waals surface area contributed by atoms with Crippen molar-refractivity contribution in [3.63, 3.8) is 0 Å². The molecule has 1 aliphatic carbocycles. The fourth-order valence-electron chi connectivity index (χ4n) is 1.51. The van der Waals surface area contributed by atoms with E-state index in [9.17, 15) is 9.90 Å². The fourth-order valence-corrected chi connectivity index (χ4v) is 1.51. The van der Waals surface area contributed by atoms with E-state index < -0.39 is 0 Å². The average molecular weight is 218 g/mol. The lowest BCUT2D eigenvalue weighted by Gasteiger charge is -1.96. The Morgan fingerprint density at radius 3 is 3.06 bits per heavy atom. The Morgan fingerprint density at radius 2 is 2.31 bits per heavy atom. The smallest absolute Gasteiger partial charge is 0.229 e. The molecule has 0 saturated heterocycles. The third kappa shape index (κ3) is 1.58. The number of aromatic nitrogens is 3. The molecule has 1 aliphatic rings. The van der Waals surface area contributed by atoms with Gasteiger partial charge in [-0.3, -0.25) is 4.79 Å². The Kier molecular flexibility index (Phi) is 1.82. The number of nitrogens with one attached hydrogen (secondary N) is 1. The van der Waals surface area contributed by atoms with Crippen molar-refractivity contribution in [1.29, 1.82) is 0 Å². The van der Waals surface area contributed by atoms with Gasteiger partial charge < -0.3 is 10.4 Å². The van der Waals surface area contributed by atoms with E-state index in [0.29, 0.717) is 11.5 Å². The maximum Gasteiger partial charge on any atom is 0.229 e. The molecule has 3 rings (SSSR count). The van der Waals surface area contributed by atoms with Crippen LogP contribution in [0.5, 0.6) is 5.88 Å². The van der Waals surface area contributed by atoms with Crippen LogP contribution in [-0.4, -0.2) is 25.6 Å². The van der Waals surface area contributed by atoms with Gasteiger partial charge in [0.05, 0.1) is 6.20 Å². The first-order chi connectivity index (χ1) is 7.72. The number of rotatable bonds is 2. The summed E-state index contributed by atoms with van der Waals surface area (Å²) in [6, 6.07) is 3.09. The number of fused-ring (bicyclic) bond motifs is 1. The maximum atomic E-state index is 11.5. The van der Waals surface area contributed by atoms with Crippen molar-refractivity contribution in [1.82, 2.24) is 14.6 Å². The standard InChI is InChI=1S/C10H10N4O2/c15-9-4-3-8-11-7(5-14(8)13-9)12-10(16)6-1-2-6/h3-6H,1-2H2,(H,12,16)(H,13,15). The van der Waals surface area contributed by atoms with Gasteiger partial charge in [0.15, 0.2) is 11.5 Å². The fraction of sp³-hybridized carbons (Fsp3) is 0.300. The topological polar surface area (TPSA) is 79.5 Å². The number of imidazole rings is 1. The number of carbonyl (C=O) groups is 1. The van der Waals surface area contributed by atoms with Crippen molar-refractivity contribution in [2.24, 2.45) is 5.92 Å². The Labute approximate surface area is 90.9 Å². The van der Waals surface area contributed by atoms with Gasteiger partial charge in [-0.05, 0) is 18.9 Å². The summed E-state index contributed by atoms with van der Waals surface area (Å²) in [5.74, 6) is 0.541. The molecular weight excluding hydrogens is 208 g/mol. The minimum atomic E-state index is -0.0787. The number of anilines is 1. The van der Waals surface area contributed by atoms with Crippen LogP contribution in [0, 0.1) is 5.92 Å². The van der Waals surface area contributed by atoms with Crippen LogP contribution in [0.15, 0.2) is 18.3 Å². The molecule has 16 heavy (non-hydrogen) atoms. The number of aromatic hydroxyl groups is 1. The summed E-state index contributed by atoms with van der Waals surface area (Å²) >= 11 is 0. The molecule has 0 atom stereocenters. The molecule has 0 aromatic carbocycles. The lowest BCUT2D eigenvalue weighted by atomic mass is 10.4. The third-order valence-corrected chi connectivity index (χ3v) is 2.51. The second-order valence-electron chi connectivity index (χ2n) is 3.88. The second-order valence-corrected chi connectivity index (χ2v) is 3.88. The van der Waals surface area contributed by atoms with Crippen LogP contribution >= 0.6 is 0 Å². The molecule has 0 aliphatic heterocycles. The van der Waals surface area contributed by atoms with Crippen LogP contribution in [0.4, 0.5) is 5.82 Å². The number of nitrogens with zero attached hydrogens (tertiary/aromatic N) is 3. The Balaban J connectivity index is 1.89. The molecular formula is C10H10N4O2. The van der Waals surface area contributed by atoms with E-state index in [0.717, 1.165) is 12.8 Å². The monoisotopic (exact) mass is 218 g/mol. The highest BCUT2D eigenvalue weighted by Gasteiger charge is 2.29. The van der Waals surface area contributed by atoms with Crippen molar-refractivity contribution in [2.45, 2.75) is 12.8 Å². The molecule has 0 unspecified atom stereocenters. The zero-order valence-corrected chi connectivity index (χ0v) is 8.42. The van der Waals surface area contributed by atoms with Gasteiger partial charge in [-0.25, -0.2) is 9.50 Å². The number of carbonyl (C=O) groups excluding carboxylic acids is 1. The largest absolute Gasteiger partial charge is 0.492 e. The molecule has 0 radical (unpaired) electrons. The molecule has 2 heterocycles. The maximum absolute atomic E-state index is 11.5. The zero-order valence-electron chi connectivity index (χ0n) is 8.42. The van der Waals surface area contributed by atoms with E-state index in [2.05, 4.69) is 15.4 Å². The highest BCUT2D eigenvalue weighted by molar-refractivity contribution is 5.93. The average Bonchev–Trinajstić information content (AvgIpc) is 3.00. The van der Waals surface area contributed by atoms with E-state index in [1.807, 2.05) is 0 Å². The summed E-state index contributed by atoms with van der Waals surface area (Å²) in [6.45, 7) is 0. The molecule has 0 bridgehead atoms. The minimum absolute atomic E-state index is 0.00706. The summed E-state index contributed by atoms with van der Waals surface area (Å²) in [7, 11) is 0. The minimum Gasteiger partial charge on any atom is -0.492 e. The van der Waals surface area contributed by atoms with E-state index in [-0.39, 0.29) is 17.7 Å². The van der Waals surface area contributed by atoms with Crippen LogP contribution in [0.25, 0.3) is 5.65 Å². The second kappa shape index (κ2) is 3.19. The van der Waals surface area contributed by atoms with E-state index in [4.69, 9.17) is 0 Å².